The number of hydrogen-bond acceptors (Lipinski definition) is 3. The average molecular weight is 300 g/mol. The van der Waals surface area contributed by atoms with Crippen LogP contribution in [0.5, 0.6) is 0 Å². The minimum absolute atomic E-state index is 0.147. The Morgan fingerprint density at radius 2 is 2.05 bits per heavy atom. The summed E-state index contributed by atoms with van der Waals surface area (Å²) in [6, 6.07) is 4.66. The number of nitrogens with two attached hydrogens (primary N) is 1. The number of hydrogen-bond donors (Lipinski definition) is 1. The first-order chi connectivity index (χ1) is 9.47. The van der Waals surface area contributed by atoms with E-state index >= 15 is 0 Å². The van der Waals surface area contributed by atoms with Crippen LogP contribution in [0.4, 0.5) is 4.39 Å². The number of carbonyl (C=O) groups excluding carboxylic acids is 1. The molecule has 1 aliphatic rings. The van der Waals surface area contributed by atoms with E-state index in [0.717, 1.165) is 31.7 Å². The van der Waals surface area contributed by atoms with Crippen LogP contribution in [-0.4, -0.2) is 47.9 Å². The second kappa shape index (κ2) is 6.52. The summed E-state index contributed by atoms with van der Waals surface area (Å²) in [5.74, 6) is -0.677. The van der Waals surface area contributed by atoms with Crippen molar-refractivity contribution in [1.82, 2.24) is 9.80 Å². The molecule has 0 aromatic heterocycles. The third kappa shape index (κ3) is 3.69. The molecule has 1 heterocycles. The SMILES string of the molecule is CC(C(N)=O)N1CCN(Cc2ccc(Cl)c(F)c2)CC1. The lowest BCUT2D eigenvalue weighted by Crippen LogP contribution is -2.52. The molecule has 1 aromatic carbocycles. The minimum atomic E-state index is -0.384. The highest BCUT2D eigenvalue weighted by molar-refractivity contribution is 6.30. The highest BCUT2D eigenvalue weighted by atomic mass is 35.5. The maximum Gasteiger partial charge on any atom is 0.234 e. The van der Waals surface area contributed by atoms with Gasteiger partial charge in [0.05, 0.1) is 11.1 Å². The average Bonchev–Trinajstić information content (AvgIpc) is 2.43. The van der Waals surface area contributed by atoms with Crippen LogP contribution in [0.15, 0.2) is 18.2 Å². The molecule has 0 bridgehead atoms. The Balaban J connectivity index is 1.88. The van der Waals surface area contributed by atoms with Gasteiger partial charge in [-0.1, -0.05) is 17.7 Å². The fourth-order valence-corrected chi connectivity index (χ4v) is 2.50. The van der Waals surface area contributed by atoms with Crippen LogP contribution in [0.2, 0.25) is 5.02 Å². The third-order valence-corrected chi connectivity index (χ3v) is 4.06. The van der Waals surface area contributed by atoms with Crippen molar-refractivity contribution >= 4 is 17.5 Å². The van der Waals surface area contributed by atoms with Gasteiger partial charge in [-0.25, -0.2) is 4.39 Å². The van der Waals surface area contributed by atoms with Gasteiger partial charge >= 0.3 is 0 Å². The predicted molar refractivity (Wildman–Crippen MR) is 76.9 cm³/mol. The highest BCUT2D eigenvalue weighted by Gasteiger charge is 2.23. The zero-order chi connectivity index (χ0) is 14.7. The fraction of sp³-hybridized carbons (Fsp3) is 0.500. The van der Waals surface area contributed by atoms with Crippen LogP contribution in [0.1, 0.15) is 12.5 Å². The van der Waals surface area contributed by atoms with Crippen LogP contribution in [0.3, 0.4) is 0 Å². The molecule has 6 heteroatoms. The number of primary amides is 1. The molecular weight excluding hydrogens is 281 g/mol. The molecule has 0 aliphatic carbocycles. The Hall–Kier alpha value is -1.17. The zero-order valence-electron chi connectivity index (χ0n) is 11.5. The van der Waals surface area contributed by atoms with Crippen LogP contribution in [0, 0.1) is 5.82 Å². The molecular formula is C14H19ClFN3O. The summed E-state index contributed by atoms with van der Waals surface area (Å²) in [5, 5.41) is 0.147. The maximum absolute atomic E-state index is 13.4. The quantitative estimate of drug-likeness (QED) is 0.916. The van der Waals surface area contributed by atoms with Crippen molar-refractivity contribution in [3.05, 3.63) is 34.6 Å². The normalized spacial score (nSPS) is 18.9. The number of nitrogens with zero attached hydrogens (tertiary/aromatic N) is 2. The summed E-state index contributed by atoms with van der Waals surface area (Å²) in [7, 11) is 0. The molecule has 20 heavy (non-hydrogen) atoms. The molecule has 2 N–H and O–H groups in total. The van der Waals surface area contributed by atoms with E-state index in [1.165, 1.54) is 6.07 Å². The van der Waals surface area contributed by atoms with Crippen molar-refractivity contribution in [2.45, 2.75) is 19.5 Å². The van der Waals surface area contributed by atoms with Crippen LogP contribution in [-0.2, 0) is 11.3 Å². The number of amides is 1. The Kier molecular flexibility index (Phi) is 4.96. The molecule has 0 spiro atoms. The van der Waals surface area contributed by atoms with E-state index < -0.39 is 0 Å². The summed E-state index contributed by atoms with van der Waals surface area (Å²) in [6.07, 6.45) is 0. The lowest BCUT2D eigenvalue weighted by atomic mass is 10.1. The van der Waals surface area contributed by atoms with Crippen molar-refractivity contribution in [1.29, 1.82) is 0 Å². The van der Waals surface area contributed by atoms with Crippen molar-refractivity contribution in [3.8, 4) is 0 Å². The van der Waals surface area contributed by atoms with E-state index in [1.807, 2.05) is 13.0 Å². The van der Waals surface area contributed by atoms with Crippen molar-refractivity contribution in [3.63, 3.8) is 0 Å². The second-order valence-corrected chi connectivity index (χ2v) is 5.55. The van der Waals surface area contributed by atoms with Gasteiger partial charge in [0.25, 0.3) is 0 Å². The molecule has 4 nitrogen and oxygen atoms in total. The molecule has 110 valence electrons. The summed E-state index contributed by atoms with van der Waals surface area (Å²) in [5.41, 5.74) is 6.21. The summed E-state index contributed by atoms with van der Waals surface area (Å²) >= 11 is 5.67. The molecule has 2 rings (SSSR count). The number of rotatable bonds is 4. The third-order valence-electron chi connectivity index (χ3n) is 3.76. The monoisotopic (exact) mass is 299 g/mol. The number of benzene rings is 1. The van der Waals surface area contributed by atoms with Crippen LogP contribution >= 0.6 is 11.6 Å². The number of halogens is 2. The molecule has 1 fully saturated rings. The van der Waals surface area contributed by atoms with Gasteiger partial charge in [-0.3, -0.25) is 14.6 Å². The van der Waals surface area contributed by atoms with E-state index in [9.17, 15) is 9.18 Å². The molecule has 1 amide bonds. The van der Waals surface area contributed by atoms with Crippen molar-refractivity contribution in [2.75, 3.05) is 26.2 Å². The van der Waals surface area contributed by atoms with E-state index in [2.05, 4.69) is 9.80 Å². The molecule has 0 radical (unpaired) electrons. The lowest BCUT2D eigenvalue weighted by Gasteiger charge is -2.36. The smallest absolute Gasteiger partial charge is 0.234 e. The first-order valence-corrected chi connectivity index (χ1v) is 7.05. The molecule has 1 atom stereocenters. The van der Waals surface area contributed by atoms with Gasteiger partial charge in [-0.15, -0.1) is 0 Å². The van der Waals surface area contributed by atoms with Gasteiger partial charge in [0.2, 0.25) is 5.91 Å². The Bertz CT molecular complexity index is 489. The predicted octanol–water partition coefficient (Wildman–Crippen LogP) is 1.47. The summed E-state index contributed by atoms with van der Waals surface area (Å²) in [6.45, 7) is 5.77. The van der Waals surface area contributed by atoms with E-state index in [1.54, 1.807) is 6.07 Å². The Labute approximate surface area is 123 Å². The molecule has 1 saturated heterocycles. The lowest BCUT2D eigenvalue weighted by molar-refractivity contribution is -0.123. The largest absolute Gasteiger partial charge is 0.368 e. The molecule has 0 saturated carbocycles. The molecule has 1 unspecified atom stereocenters. The van der Waals surface area contributed by atoms with Crippen molar-refractivity contribution in [2.24, 2.45) is 5.73 Å². The van der Waals surface area contributed by atoms with E-state index in [-0.39, 0.29) is 22.8 Å². The fourth-order valence-electron chi connectivity index (χ4n) is 2.38. The van der Waals surface area contributed by atoms with Gasteiger partial charge in [-0.05, 0) is 24.6 Å². The van der Waals surface area contributed by atoms with E-state index in [0.29, 0.717) is 6.54 Å². The van der Waals surface area contributed by atoms with Gasteiger partial charge in [0, 0.05) is 32.7 Å². The standard InChI is InChI=1S/C14H19ClFN3O/c1-10(14(17)20)19-6-4-18(5-7-19)9-11-2-3-12(15)13(16)8-11/h2-3,8,10H,4-7,9H2,1H3,(H2,17,20). The zero-order valence-corrected chi connectivity index (χ0v) is 12.2. The first-order valence-electron chi connectivity index (χ1n) is 6.67. The highest BCUT2D eigenvalue weighted by Crippen LogP contribution is 2.17. The second-order valence-electron chi connectivity index (χ2n) is 5.14. The number of carbonyl (C=O) groups is 1. The first kappa shape index (κ1) is 15.2. The van der Waals surface area contributed by atoms with Crippen LogP contribution < -0.4 is 5.73 Å². The van der Waals surface area contributed by atoms with Gasteiger partial charge in [0.1, 0.15) is 5.82 Å². The molecule has 1 aliphatic heterocycles. The van der Waals surface area contributed by atoms with Crippen LogP contribution in [0.25, 0.3) is 0 Å². The van der Waals surface area contributed by atoms with E-state index in [4.69, 9.17) is 17.3 Å². The topological polar surface area (TPSA) is 49.6 Å². The minimum Gasteiger partial charge on any atom is -0.368 e. The summed E-state index contributed by atoms with van der Waals surface area (Å²) < 4.78 is 13.4. The molecule has 1 aromatic rings. The van der Waals surface area contributed by atoms with Gasteiger partial charge in [0.15, 0.2) is 0 Å². The van der Waals surface area contributed by atoms with Gasteiger partial charge < -0.3 is 5.73 Å². The van der Waals surface area contributed by atoms with Crippen molar-refractivity contribution < 1.29 is 9.18 Å². The number of piperazine rings is 1. The van der Waals surface area contributed by atoms with Gasteiger partial charge in [-0.2, -0.15) is 0 Å². The maximum atomic E-state index is 13.4. The Morgan fingerprint density at radius 1 is 1.40 bits per heavy atom. The Morgan fingerprint density at radius 3 is 2.60 bits per heavy atom. The summed E-state index contributed by atoms with van der Waals surface area (Å²) in [4.78, 5) is 15.5.